The number of thiophene rings is 1. The van der Waals surface area contributed by atoms with Crippen LogP contribution >= 0.6 is 11.3 Å². The van der Waals surface area contributed by atoms with Crippen molar-refractivity contribution in [3.63, 3.8) is 0 Å². The van der Waals surface area contributed by atoms with Gasteiger partial charge < -0.3 is 8.94 Å². The van der Waals surface area contributed by atoms with E-state index in [2.05, 4.69) is 10.3 Å². The second-order valence-electron chi connectivity index (χ2n) is 3.74. The third-order valence-corrected chi connectivity index (χ3v) is 3.18. The Morgan fingerprint density at radius 1 is 1.50 bits per heavy atom. The van der Waals surface area contributed by atoms with Crippen LogP contribution in [0, 0.1) is 6.92 Å². The molecule has 3 rings (SSSR count). The van der Waals surface area contributed by atoms with Crippen molar-refractivity contribution in [1.29, 1.82) is 0 Å². The molecule has 0 spiro atoms. The van der Waals surface area contributed by atoms with Crippen molar-refractivity contribution in [2.45, 2.75) is 13.5 Å². The van der Waals surface area contributed by atoms with Crippen LogP contribution in [0.15, 0.2) is 37.3 Å². The number of hydrogen-bond donors (Lipinski definition) is 0. The fourth-order valence-electron chi connectivity index (χ4n) is 1.54. The van der Waals surface area contributed by atoms with Crippen LogP contribution in [0.2, 0.25) is 0 Å². The van der Waals surface area contributed by atoms with Crippen LogP contribution in [0.4, 0.5) is 0 Å². The van der Waals surface area contributed by atoms with Crippen LogP contribution in [0.3, 0.4) is 0 Å². The van der Waals surface area contributed by atoms with Gasteiger partial charge in [-0.25, -0.2) is 4.79 Å². The lowest BCUT2D eigenvalue weighted by Crippen LogP contribution is -2.16. The Balaban J connectivity index is 1.92. The normalized spacial score (nSPS) is 10.9. The molecule has 0 saturated heterocycles. The van der Waals surface area contributed by atoms with Crippen molar-refractivity contribution in [3.8, 4) is 10.8 Å². The van der Waals surface area contributed by atoms with Gasteiger partial charge >= 0.3 is 5.76 Å². The second-order valence-corrected chi connectivity index (χ2v) is 4.69. The molecule has 3 aromatic heterocycles. The summed E-state index contributed by atoms with van der Waals surface area (Å²) in [5.41, 5.74) is 0.764. The van der Waals surface area contributed by atoms with Crippen molar-refractivity contribution < 1.29 is 8.94 Å². The molecule has 3 heterocycles. The smallest absolute Gasteiger partial charge is 0.387 e. The molecule has 0 aromatic carbocycles. The maximum Gasteiger partial charge on any atom is 0.437 e. The van der Waals surface area contributed by atoms with Gasteiger partial charge in [-0.1, -0.05) is 11.2 Å². The van der Waals surface area contributed by atoms with Crippen LogP contribution in [-0.2, 0) is 6.54 Å². The maximum atomic E-state index is 11.6. The van der Waals surface area contributed by atoms with E-state index in [-0.39, 0.29) is 6.54 Å². The second kappa shape index (κ2) is 4.26. The van der Waals surface area contributed by atoms with E-state index in [1.807, 2.05) is 24.4 Å². The summed E-state index contributed by atoms with van der Waals surface area (Å²) in [4.78, 5) is 12.4. The minimum Gasteiger partial charge on any atom is -0.387 e. The minimum atomic E-state index is -0.507. The highest BCUT2D eigenvalue weighted by atomic mass is 32.1. The predicted molar refractivity (Wildman–Crippen MR) is 64.4 cm³/mol. The molecule has 0 radical (unpaired) electrons. The molecule has 0 aliphatic heterocycles. The lowest BCUT2D eigenvalue weighted by atomic mass is 10.4. The van der Waals surface area contributed by atoms with Gasteiger partial charge in [-0.15, -0.1) is 16.4 Å². The topological polar surface area (TPSA) is 74.1 Å². The molecule has 0 aliphatic carbocycles. The third kappa shape index (κ3) is 2.00. The van der Waals surface area contributed by atoms with Crippen molar-refractivity contribution in [2.75, 3.05) is 0 Å². The molecule has 18 heavy (non-hydrogen) atoms. The molecule has 0 saturated carbocycles. The van der Waals surface area contributed by atoms with E-state index in [0.29, 0.717) is 11.7 Å². The zero-order valence-corrected chi connectivity index (χ0v) is 10.3. The van der Waals surface area contributed by atoms with Crippen molar-refractivity contribution in [3.05, 3.63) is 45.6 Å². The monoisotopic (exact) mass is 263 g/mol. The summed E-state index contributed by atoms with van der Waals surface area (Å²) in [7, 11) is 0. The van der Waals surface area contributed by atoms with Gasteiger partial charge in [0.2, 0.25) is 0 Å². The summed E-state index contributed by atoms with van der Waals surface area (Å²) >= 11 is 1.46. The number of aryl methyl sites for hydroxylation is 1. The van der Waals surface area contributed by atoms with Gasteiger partial charge in [-0.3, -0.25) is 0 Å². The first-order valence-corrected chi connectivity index (χ1v) is 6.14. The van der Waals surface area contributed by atoms with Gasteiger partial charge in [-0.2, -0.15) is 4.68 Å². The Kier molecular flexibility index (Phi) is 2.60. The molecular weight excluding hydrogens is 254 g/mol. The molecule has 0 aliphatic rings. The zero-order valence-electron chi connectivity index (χ0n) is 9.49. The first-order chi connectivity index (χ1) is 8.72. The maximum absolute atomic E-state index is 11.6. The van der Waals surface area contributed by atoms with Crippen molar-refractivity contribution in [2.24, 2.45) is 0 Å². The Morgan fingerprint density at radius 3 is 3.06 bits per heavy atom. The van der Waals surface area contributed by atoms with E-state index in [0.717, 1.165) is 10.6 Å². The predicted octanol–water partition coefficient (Wildman–Crippen LogP) is 1.91. The summed E-state index contributed by atoms with van der Waals surface area (Å²) in [6.45, 7) is 2.03. The van der Waals surface area contributed by atoms with Gasteiger partial charge in [-0.05, 0) is 18.4 Å². The standard InChI is InChI=1S/C11H9N3O3S/c1-7-5-8(17-13-7)6-14-11(15)16-10(12-14)9-3-2-4-18-9/h2-5H,6H2,1H3. The Hall–Kier alpha value is -2.15. The number of rotatable bonds is 3. The average molecular weight is 263 g/mol. The molecule has 0 bridgehead atoms. The van der Waals surface area contributed by atoms with Crippen LogP contribution in [-0.4, -0.2) is 14.9 Å². The highest BCUT2D eigenvalue weighted by Crippen LogP contribution is 2.21. The number of aromatic nitrogens is 3. The molecule has 6 nitrogen and oxygen atoms in total. The fraction of sp³-hybridized carbons (Fsp3) is 0.182. The largest absolute Gasteiger partial charge is 0.437 e. The van der Waals surface area contributed by atoms with Gasteiger partial charge in [0.1, 0.15) is 6.54 Å². The Morgan fingerprint density at radius 2 is 2.39 bits per heavy atom. The number of hydrogen-bond acceptors (Lipinski definition) is 6. The van der Waals surface area contributed by atoms with Crippen LogP contribution < -0.4 is 5.76 Å². The quantitative estimate of drug-likeness (QED) is 0.721. The molecular formula is C11H9N3O3S. The average Bonchev–Trinajstić information content (AvgIpc) is 3.02. The molecule has 7 heteroatoms. The first-order valence-electron chi connectivity index (χ1n) is 5.26. The molecule has 92 valence electrons. The van der Waals surface area contributed by atoms with Crippen molar-refractivity contribution in [1.82, 2.24) is 14.9 Å². The van der Waals surface area contributed by atoms with E-state index in [4.69, 9.17) is 8.94 Å². The molecule has 0 N–H and O–H groups in total. The van der Waals surface area contributed by atoms with E-state index in [1.54, 1.807) is 6.07 Å². The van der Waals surface area contributed by atoms with E-state index < -0.39 is 5.76 Å². The van der Waals surface area contributed by atoms with Gasteiger partial charge in [0.05, 0.1) is 10.6 Å². The van der Waals surface area contributed by atoms with E-state index in [1.165, 1.54) is 16.0 Å². The van der Waals surface area contributed by atoms with Gasteiger partial charge in [0.15, 0.2) is 5.76 Å². The van der Waals surface area contributed by atoms with E-state index >= 15 is 0 Å². The number of nitrogens with zero attached hydrogens (tertiary/aromatic N) is 3. The molecule has 0 fully saturated rings. The first kappa shape index (κ1) is 11.0. The summed E-state index contributed by atoms with van der Waals surface area (Å²) in [6.07, 6.45) is 0. The summed E-state index contributed by atoms with van der Waals surface area (Å²) in [6, 6.07) is 5.48. The third-order valence-electron chi connectivity index (χ3n) is 2.32. The van der Waals surface area contributed by atoms with Crippen molar-refractivity contribution >= 4 is 11.3 Å². The van der Waals surface area contributed by atoms with E-state index in [9.17, 15) is 4.79 Å². The highest BCUT2D eigenvalue weighted by molar-refractivity contribution is 7.13. The molecule has 3 aromatic rings. The lowest BCUT2D eigenvalue weighted by Gasteiger charge is -1.91. The molecule has 0 amide bonds. The Labute approximate surface area is 105 Å². The molecule has 0 unspecified atom stereocenters. The van der Waals surface area contributed by atoms with Gasteiger partial charge in [0, 0.05) is 6.07 Å². The van der Waals surface area contributed by atoms with Gasteiger partial charge in [0.25, 0.3) is 5.89 Å². The van der Waals surface area contributed by atoms with Crippen LogP contribution in [0.5, 0.6) is 0 Å². The summed E-state index contributed by atoms with van der Waals surface area (Å²) in [5.74, 6) is 0.388. The zero-order chi connectivity index (χ0) is 12.5. The minimum absolute atomic E-state index is 0.217. The van der Waals surface area contributed by atoms with Crippen LogP contribution in [0.25, 0.3) is 10.8 Å². The summed E-state index contributed by atoms with van der Waals surface area (Å²) in [5, 5.41) is 9.77. The fourth-order valence-corrected chi connectivity index (χ4v) is 2.19. The lowest BCUT2D eigenvalue weighted by molar-refractivity contribution is 0.362. The molecule has 0 atom stereocenters. The summed E-state index contributed by atoms with van der Waals surface area (Å²) < 4.78 is 11.3. The SMILES string of the molecule is Cc1cc(Cn2nc(-c3cccs3)oc2=O)on1. The van der Waals surface area contributed by atoms with Crippen LogP contribution in [0.1, 0.15) is 11.5 Å². The Bertz CT molecular complexity index is 708. The highest BCUT2D eigenvalue weighted by Gasteiger charge is 2.12.